The highest BCUT2D eigenvalue weighted by Crippen LogP contribution is 2.21. The van der Waals surface area contributed by atoms with Gasteiger partial charge in [0.2, 0.25) is 11.9 Å². The van der Waals surface area contributed by atoms with Crippen molar-refractivity contribution in [1.82, 2.24) is 4.98 Å². The summed E-state index contributed by atoms with van der Waals surface area (Å²) in [4.78, 5) is 26.2. The molecule has 1 aromatic carbocycles. The van der Waals surface area contributed by atoms with Crippen LogP contribution in [-0.2, 0) is 0 Å². The summed E-state index contributed by atoms with van der Waals surface area (Å²) in [5.41, 5.74) is 5.86. The average Bonchev–Trinajstić information content (AvgIpc) is 2.39. The molecule has 0 bridgehead atoms. The van der Waals surface area contributed by atoms with Crippen LogP contribution >= 0.6 is 11.6 Å². The molecule has 2 amide bonds. The molecule has 2 aromatic rings. The monoisotopic (exact) mass is 293 g/mol. The molecule has 0 aliphatic carbocycles. The first-order valence-electron chi connectivity index (χ1n) is 5.49. The number of amides is 2. The lowest BCUT2D eigenvalue weighted by Crippen LogP contribution is -2.14. The molecule has 2 rings (SSSR count). The van der Waals surface area contributed by atoms with Gasteiger partial charge in [-0.2, -0.15) is 4.39 Å². The van der Waals surface area contributed by atoms with Gasteiger partial charge in [0.1, 0.15) is 0 Å². The van der Waals surface area contributed by atoms with Crippen molar-refractivity contribution in [3.63, 3.8) is 0 Å². The predicted molar refractivity (Wildman–Crippen MR) is 72.1 cm³/mol. The third-order valence-corrected chi connectivity index (χ3v) is 2.79. The van der Waals surface area contributed by atoms with Crippen molar-refractivity contribution < 1.29 is 14.0 Å². The Labute approximate surface area is 118 Å². The molecule has 1 heterocycles. The Morgan fingerprint density at radius 1 is 1.25 bits per heavy atom. The Balaban J connectivity index is 2.18. The summed E-state index contributed by atoms with van der Waals surface area (Å²) in [5, 5.41) is 2.68. The van der Waals surface area contributed by atoms with Crippen LogP contribution in [-0.4, -0.2) is 16.8 Å². The Morgan fingerprint density at radius 3 is 2.55 bits per heavy atom. The van der Waals surface area contributed by atoms with Crippen molar-refractivity contribution in [3.05, 3.63) is 58.6 Å². The van der Waals surface area contributed by atoms with Crippen LogP contribution in [0.15, 0.2) is 36.5 Å². The Kier molecular flexibility index (Phi) is 3.95. The molecule has 0 saturated heterocycles. The van der Waals surface area contributed by atoms with Gasteiger partial charge < -0.3 is 11.1 Å². The minimum absolute atomic E-state index is 0.132. The second-order valence-electron chi connectivity index (χ2n) is 3.88. The summed E-state index contributed by atoms with van der Waals surface area (Å²) < 4.78 is 12.6. The van der Waals surface area contributed by atoms with Gasteiger partial charge in [-0.1, -0.05) is 11.6 Å². The fourth-order valence-corrected chi connectivity index (χ4v) is 1.78. The molecule has 0 aliphatic rings. The molecule has 0 spiro atoms. The van der Waals surface area contributed by atoms with E-state index in [9.17, 15) is 14.0 Å². The van der Waals surface area contributed by atoms with Crippen LogP contribution in [0.4, 0.5) is 10.1 Å². The van der Waals surface area contributed by atoms with Crippen molar-refractivity contribution in [3.8, 4) is 0 Å². The molecule has 3 N–H and O–H groups in total. The first-order valence-corrected chi connectivity index (χ1v) is 5.87. The summed E-state index contributed by atoms with van der Waals surface area (Å²) in [6.07, 6.45) is 1.12. The molecule has 0 unspecified atom stereocenters. The van der Waals surface area contributed by atoms with Crippen molar-refractivity contribution in [2.24, 2.45) is 5.73 Å². The summed E-state index contributed by atoms with van der Waals surface area (Å²) in [5.74, 6) is -1.80. The SMILES string of the molecule is NC(=O)c1ccc(NC(=O)c2ccc(F)nc2)cc1Cl. The Bertz CT molecular complexity index is 674. The van der Waals surface area contributed by atoms with E-state index in [1.165, 1.54) is 24.3 Å². The number of nitrogens with two attached hydrogens (primary N) is 1. The number of carbonyl (C=O) groups is 2. The van der Waals surface area contributed by atoms with Gasteiger partial charge >= 0.3 is 0 Å². The largest absolute Gasteiger partial charge is 0.366 e. The zero-order chi connectivity index (χ0) is 14.7. The van der Waals surface area contributed by atoms with Crippen LogP contribution in [0, 0.1) is 5.95 Å². The molecule has 5 nitrogen and oxygen atoms in total. The van der Waals surface area contributed by atoms with E-state index in [0.717, 1.165) is 12.3 Å². The molecule has 20 heavy (non-hydrogen) atoms. The highest BCUT2D eigenvalue weighted by Gasteiger charge is 2.10. The first-order chi connectivity index (χ1) is 9.47. The zero-order valence-corrected chi connectivity index (χ0v) is 10.8. The van der Waals surface area contributed by atoms with Gasteiger partial charge in [-0.25, -0.2) is 4.98 Å². The van der Waals surface area contributed by atoms with Crippen LogP contribution < -0.4 is 11.1 Å². The normalized spacial score (nSPS) is 10.1. The lowest BCUT2D eigenvalue weighted by atomic mass is 10.2. The fraction of sp³-hybridized carbons (Fsp3) is 0. The molecule has 0 fully saturated rings. The van der Waals surface area contributed by atoms with Crippen molar-refractivity contribution >= 4 is 29.1 Å². The molecule has 0 aliphatic heterocycles. The van der Waals surface area contributed by atoms with Gasteiger partial charge in [0.15, 0.2) is 0 Å². The highest BCUT2D eigenvalue weighted by atomic mass is 35.5. The number of hydrogen-bond acceptors (Lipinski definition) is 3. The highest BCUT2D eigenvalue weighted by molar-refractivity contribution is 6.34. The van der Waals surface area contributed by atoms with Crippen molar-refractivity contribution in [1.29, 1.82) is 0 Å². The Hall–Kier alpha value is -2.47. The number of nitrogens with zero attached hydrogens (tertiary/aromatic N) is 1. The second-order valence-corrected chi connectivity index (χ2v) is 4.29. The van der Waals surface area contributed by atoms with Crippen LogP contribution in [0.5, 0.6) is 0 Å². The van der Waals surface area contributed by atoms with Crippen LogP contribution in [0.25, 0.3) is 0 Å². The van der Waals surface area contributed by atoms with Crippen LogP contribution in [0.1, 0.15) is 20.7 Å². The lowest BCUT2D eigenvalue weighted by Gasteiger charge is -2.07. The third-order valence-electron chi connectivity index (χ3n) is 2.48. The number of anilines is 1. The standard InChI is InChI=1S/C13H9ClFN3O2/c14-10-5-8(2-3-9(10)12(16)19)18-13(20)7-1-4-11(15)17-6-7/h1-6H,(H2,16,19)(H,18,20). The molecule has 1 aromatic heterocycles. The fourth-order valence-electron chi connectivity index (χ4n) is 1.51. The average molecular weight is 294 g/mol. The topological polar surface area (TPSA) is 85.1 Å². The van der Waals surface area contributed by atoms with Crippen LogP contribution in [0.3, 0.4) is 0 Å². The molecule has 0 radical (unpaired) electrons. The quantitative estimate of drug-likeness (QED) is 0.851. The predicted octanol–water partition coefficient (Wildman–Crippen LogP) is 2.23. The maximum absolute atomic E-state index is 12.6. The molecular weight excluding hydrogens is 285 g/mol. The molecule has 7 heteroatoms. The van der Waals surface area contributed by atoms with Gasteiger partial charge in [-0.15, -0.1) is 0 Å². The van der Waals surface area contributed by atoms with E-state index in [-0.39, 0.29) is 16.1 Å². The molecular formula is C13H9ClFN3O2. The number of aromatic nitrogens is 1. The summed E-state index contributed by atoms with van der Waals surface area (Å²) in [6.45, 7) is 0. The van der Waals surface area contributed by atoms with E-state index >= 15 is 0 Å². The minimum atomic E-state index is -0.671. The van der Waals surface area contributed by atoms with E-state index in [1.807, 2.05) is 0 Å². The van der Waals surface area contributed by atoms with Crippen molar-refractivity contribution in [2.45, 2.75) is 0 Å². The zero-order valence-electron chi connectivity index (χ0n) is 10.1. The number of pyridine rings is 1. The summed E-state index contributed by atoms with van der Waals surface area (Å²) in [7, 11) is 0. The molecule has 102 valence electrons. The Morgan fingerprint density at radius 2 is 2.00 bits per heavy atom. The van der Waals surface area contributed by atoms with E-state index in [0.29, 0.717) is 5.69 Å². The number of nitrogens with one attached hydrogen (secondary N) is 1. The van der Waals surface area contributed by atoms with Gasteiger partial charge in [0.05, 0.1) is 16.1 Å². The maximum Gasteiger partial charge on any atom is 0.257 e. The van der Waals surface area contributed by atoms with E-state index in [1.54, 1.807) is 0 Å². The van der Waals surface area contributed by atoms with Gasteiger partial charge in [0, 0.05) is 11.9 Å². The van der Waals surface area contributed by atoms with E-state index < -0.39 is 17.8 Å². The van der Waals surface area contributed by atoms with E-state index in [4.69, 9.17) is 17.3 Å². The molecule has 0 atom stereocenters. The number of benzene rings is 1. The van der Waals surface area contributed by atoms with Gasteiger partial charge in [0.25, 0.3) is 5.91 Å². The first kappa shape index (κ1) is 14.0. The number of halogens is 2. The number of rotatable bonds is 3. The maximum atomic E-state index is 12.6. The smallest absolute Gasteiger partial charge is 0.257 e. The van der Waals surface area contributed by atoms with Gasteiger partial charge in [-0.05, 0) is 30.3 Å². The summed E-state index contributed by atoms with van der Waals surface area (Å²) in [6, 6.07) is 6.68. The molecule has 0 saturated carbocycles. The lowest BCUT2D eigenvalue weighted by molar-refractivity contribution is 0.0998. The minimum Gasteiger partial charge on any atom is -0.366 e. The second kappa shape index (κ2) is 5.66. The van der Waals surface area contributed by atoms with Crippen LogP contribution in [0.2, 0.25) is 5.02 Å². The number of hydrogen-bond donors (Lipinski definition) is 2. The summed E-state index contributed by atoms with van der Waals surface area (Å²) >= 11 is 5.86. The number of primary amides is 1. The third kappa shape index (κ3) is 3.10. The van der Waals surface area contributed by atoms with Gasteiger partial charge in [-0.3, -0.25) is 9.59 Å². The van der Waals surface area contributed by atoms with Crippen molar-refractivity contribution in [2.75, 3.05) is 5.32 Å². The van der Waals surface area contributed by atoms with E-state index in [2.05, 4.69) is 10.3 Å². The number of carbonyl (C=O) groups excluding carboxylic acids is 2.